The highest BCUT2D eigenvalue weighted by atomic mass is 79.9. The molecule has 0 radical (unpaired) electrons. The van der Waals surface area contributed by atoms with E-state index in [1.807, 2.05) is 43.3 Å². The molecule has 2 aromatic heterocycles. The van der Waals surface area contributed by atoms with Crippen molar-refractivity contribution in [2.75, 3.05) is 0 Å². The lowest BCUT2D eigenvalue weighted by Crippen LogP contribution is -1.97. The highest BCUT2D eigenvalue weighted by Gasteiger charge is 2.15. The molecule has 0 aliphatic carbocycles. The van der Waals surface area contributed by atoms with Gasteiger partial charge in [-0.15, -0.1) is 11.3 Å². The van der Waals surface area contributed by atoms with Crippen LogP contribution in [-0.4, -0.2) is 10.1 Å². The van der Waals surface area contributed by atoms with Crippen molar-refractivity contribution >= 4 is 38.2 Å². The first-order chi connectivity index (χ1) is 9.15. The highest BCUT2D eigenvalue weighted by molar-refractivity contribution is 9.10. The van der Waals surface area contributed by atoms with Gasteiger partial charge in [0, 0.05) is 25.8 Å². The SMILES string of the molecule is Cc1sc(C(O)c2ccc3cccnc3c2)cc1Br. The van der Waals surface area contributed by atoms with Crippen LogP contribution in [0.5, 0.6) is 0 Å². The molecule has 0 saturated carbocycles. The molecule has 3 aromatic rings. The molecule has 96 valence electrons. The highest BCUT2D eigenvalue weighted by Crippen LogP contribution is 2.34. The minimum absolute atomic E-state index is 0.596. The smallest absolute Gasteiger partial charge is 0.113 e. The summed E-state index contributed by atoms with van der Waals surface area (Å²) in [5.41, 5.74) is 1.78. The van der Waals surface area contributed by atoms with E-state index in [1.54, 1.807) is 17.5 Å². The maximum Gasteiger partial charge on any atom is 0.113 e. The van der Waals surface area contributed by atoms with Crippen molar-refractivity contribution in [2.45, 2.75) is 13.0 Å². The average Bonchev–Trinajstić information content (AvgIpc) is 2.77. The number of aliphatic hydroxyl groups is 1. The Morgan fingerprint density at radius 3 is 2.84 bits per heavy atom. The largest absolute Gasteiger partial charge is 0.383 e. The van der Waals surface area contributed by atoms with Gasteiger partial charge in [-0.3, -0.25) is 4.98 Å². The summed E-state index contributed by atoms with van der Waals surface area (Å²) in [6.45, 7) is 2.03. The fraction of sp³-hybridized carbons (Fsp3) is 0.133. The third-order valence-electron chi connectivity index (χ3n) is 3.09. The molecule has 0 aliphatic heterocycles. The molecule has 0 bridgehead atoms. The number of hydrogen-bond acceptors (Lipinski definition) is 3. The zero-order valence-corrected chi connectivity index (χ0v) is 12.7. The van der Waals surface area contributed by atoms with Crippen molar-refractivity contribution in [3.63, 3.8) is 0 Å². The van der Waals surface area contributed by atoms with E-state index in [2.05, 4.69) is 20.9 Å². The van der Waals surface area contributed by atoms with Gasteiger partial charge in [0.15, 0.2) is 0 Å². The van der Waals surface area contributed by atoms with Gasteiger partial charge in [0.1, 0.15) is 6.10 Å². The molecule has 19 heavy (non-hydrogen) atoms. The molecule has 1 unspecified atom stereocenters. The molecule has 1 atom stereocenters. The Hall–Kier alpha value is -1.23. The Morgan fingerprint density at radius 2 is 2.11 bits per heavy atom. The lowest BCUT2D eigenvalue weighted by molar-refractivity contribution is 0.224. The number of benzene rings is 1. The molecule has 0 spiro atoms. The van der Waals surface area contributed by atoms with Gasteiger partial charge in [-0.05, 0) is 46.6 Å². The zero-order chi connectivity index (χ0) is 13.4. The van der Waals surface area contributed by atoms with Crippen molar-refractivity contribution in [1.82, 2.24) is 4.98 Å². The van der Waals surface area contributed by atoms with Gasteiger partial charge in [0.05, 0.1) is 5.52 Å². The number of aromatic nitrogens is 1. The van der Waals surface area contributed by atoms with Crippen molar-refractivity contribution in [2.24, 2.45) is 0 Å². The second kappa shape index (κ2) is 5.04. The number of hydrogen-bond donors (Lipinski definition) is 1. The van der Waals surface area contributed by atoms with E-state index in [4.69, 9.17) is 0 Å². The molecule has 4 heteroatoms. The number of thiophene rings is 1. The second-order valence-electron chi connectivity index (χ2n) is 4.41. The maximum absolute atomic E-state index is 10.5. The van der Waals surface area contributed by atoms with Crippen LogP contribution >= 0.6 is 27.3 Å². The lowest BCUT2D eigenvalue weighted by atomic mass is 10.1. The van der Waals surface area contributed by atoms with Crippen LogP contribution in [0.2, 0.25) is 0 Å². The van der Waals surface area contributed by atoms with Crippen LogP contribution in [0.15, 0.2) is 47.1 Å². The van der Waals surface area contributed by atoms with Crippen molar-refractivity contribution < 1.29 is 5.11 Å². The van der Waals surface area contributed by atoms with Gasteiger partial charge in [-0.1, -0.05) is 18.2 Å². The molecule has 2 nitrogen and oxygen atoms in total. The zero-order valence-electron chi connectivity index (χ0n) is 10.3. The lowest BCUT2D eigenvalue weighted by Gasteiger charge is -2.09. The number of fused-ring (bicyclic) bond motifs is 1. The van der Waals surface area contributed by atoms with Crippen LogP contribution in [0.25, 0.3) is 10.9 Å². The molecule has 3 rings (SSSR count). The van der Waals surface area contributed by atoms with Gasteiger partial charge >= 0.3 is 0 Å². The molecule has 1 N–H and O–H groups in total. The van der Waals surface area contributed by atoms with Gasteiger partial charge in [-0.25, -0.2) is 0 Å². The molecular formula is C15H12BrNOS. The van der Waals surface area contributed by atoms with Crippen LogP contribution in [0.1, 0.15) is 21.4 Å². The summed E-state index contributed by atoms with van der Waals surface area (Å²) >= 11 is 5.09. The van der Waals surface area contributed by atoms with Crippen molar-refractivity contribution in [1.29, 1.82) is 0 Å². The Balaban J connectivity index is 2.03. The molecule has 2 heterocycles. The Bertz CT molecular complexity index is 718. The second-order valence-corrected chi connectivity index (χ2v) is 6.55. The van der Waals surface area contributed by atoms with Gasteiger partial charge in [-0.2, -0.15) is 0 Å². The summed E-state index contributed by atoms with van der Waals surface area (Å²) in [4.78, 5) is 6.44. The molecule has 0 saturated heterocycles. The monoisotopic (exact) mass is 333 g/mol. The Kier molecular flexibility index (Phi) is 3.39. The minimum atomic E-state index is -0.596. The number of aryl methyl sites for hydroxylation is 1. The van der Waals surface area contributed by atoms with E-state index in [1.165, 1.54) is 4.88 Å². The number of halogens is 1. The van der Waals surface area contributed by atoms with Crippen LogP contribution < -0.4 is 0 Å². The summed E-state index contributed by atoms with van der Waals surface area (Å²) in [5, 5.41) is 11.5. The molecular weight excluding hydrogens is 322 g/mol. The van der Waals surface area contributed by atoms with Gasteiger partial charge in [0.25, 0.3) is 0 Å². The maximum atomic E-state index is 10.5. The predicted molar refractivity (Wildman–Crippen MR) is 82.6 cm³/mol. The van der Waals surface area contributed by atoms with Gasteiger partial charge in [0.2, 0.25) is 0 Å². The fourth-order valence-electron chi connectivity index (χ4n) is 2.03. The topological polar surface area (TPSA) is 33.1 Å². The Labute approximate surface area is 123 Å². The summed E-state index contributed by atoms with van der Waals surface area (Å²) in [6.07, 6.45) is 1.17. The minimum Gasteiger partial charge on any atom is -0.383 e. The van der Waals surface area contributed by atoms with E-state index in [0.29, 0.717) is 0 Å². The predicted octanol–water partition coefficient (Wildman–Crippen LogP) is 4.45. The first kappa shape index (κ1) is 12.8. The van der Waals surface area contributed by atoms with E-state index >= 15 is 0 Å². The first-order valence-corrected chi connectivity index (χ1v) is 7.54. The molecule has 0 fully saturated rings. The normalized spacial score (nSPS) is 12.8. The van der Waals surface area contributed by atoms with E-state index < -0.39 is 6.10 Å². The summed E-state index contributed by atoms with van der Waals surface area (Å²) in [5.74, 6) is 0. The van der Waals surface area contributed by atoms with E-state index in [9.17, 15) is 5.11 Å². The van der Waals surface area contributed by atoms with Crippen LogP contribution in [0.3, 0.4) is 0 Å². The third kappa shape index (κ3) is 2.43. The number of nitrogens with zero attached hydrogens (tertiary/aromatic N) is 1. The van der Waals surface area contributed by atoms with Crippen LogP contribution in [0, 0.1) is 6.92 Å². The molecule has 0 aliphatic rings. The summed E-state index contributed by atoms with van der Waals surface area (Å²) in [6, 6.07) is 11.8. The summed E-state index contributed by atoms with van der Waals surface area (Å²) in [7, 11) is 0. The van der Waals surface area contributed by atoms with E-state index in [0.717, 1.165) is 25.8 Å². The van der Waals surface area contributed by atoms with Crippen LogP contribution in [-0.2, 0) is 0 Å². The quantitative estimate of drug-likeness (QED) is 0.751. The number of rotatable bonds is 2. The average molecular weight is 334 g/mol. The first-order valence-electron chi connectivity index (χ1n) is 5.94. The molecule has 0 amide bonds. The molecule has 1 aromatic carbocycles. The van der Waals surface area contributed by atoms with Crippen LogP contribution in [0.4, 0.5) is 0 Å². The fourth-order valence-corrected chi connectivity index (χ4v) is 3.61. The summed E-state index contributed by atoms with van der Waals surface area (Å²) < 4.78 is 1.05. The standard InChI is InChI=1S/C15H12BrNOS/c1-9-12(16)8-14(19-9)15(18)11-5-4-10-3-2-6-17-13(10)7-11/h2-8,15,18H,1H3. The van der Waals surface area contributed by atoms with Crippen molar-refractivity contribution in [3.05, 3.63) is 62.4 Å². The van der Waals surface area contributed by atoms with Crippen molar-refractivity contribution in [3.8, 4) is 0 Å². The number of pyridine rings is 1. The third-order valence-corrected chi connectivity index (χ3v) is 5.28. The van der Waals surface area contributed by atoms with Gasteiger partial charge < -0.3 is 5.11 Å². The van der Waals surface area contributed by atoms with E-state index in [-0.39, 0.29) is 0 Å². The number of aliphatic hydroxyl groups excluding tert-OH is 1. The Morgan fingerprint density at radius 1 is 1.26 bits per heavy atom.